The number of nitro benzene ring substituents is 1. The molecule has 0 saturated heterocycles. The Balaban J connectivity index is 1.65. The monoisotopic (exact) mass is 420 g/mol. The van der Waals surface area contributed by atoms with Crippen molar-refractivity contribution in [1.29, 1.82) is 0 Å². The number of aromatic nitrogens is 2. The Kier molecular flexibility index (Phi) is 6.04. The number of halogens is 1. The zero-order valence-electron chi connectivity index (χ0n) is 14.0. The first-order chi connectivity index (χ1) is 12.9. The van der Waals surface area contributed by atoms with E-state index in [1.165, 1.54) is 41.3 Å². The highest BCUT2D eigenvalue weighted by Gasteiger charge is 2.19. The van der Waals surface area contributed by atoms with Gasteiger partial charge in [-0.3, -0.25) is 20.2 Å². The predicted octanol–water partition coefficient (Wildman–Crippen LogP) is 4.95. The van der Waals surface area contributed by atoms with Crippen LogP contribution in [-0.2, 0) is 5.75 Å². The molecule has 3 rings (SSSR count). The van der Waals surface area contributed by atoms with Crippen LogP contribution in [0.3, 0.4) is 0 Å². The lowest BCUT2D eigenvalue weighted by atomic mass is 10.1. The zero-order valence-corrected chi connectivity index (χ0v) is 16.4. The van der Waals surface area contributed by atoms with Gasteiger partial charge in [-0.25, -0.2) is 0 Å². The first-order valence-corrected chi connectivity index (χ1v) is 9.88. The molecule has 1 N–H and O–H groups in total. The fourth-order valence-electron chi connectivity index (χ4n) is 2.28. The first kappa shape index (κ1) is 19.3. The van der Waals surface area contributed by atoms with E-state index >= 15 is 0 Å². The molecule has 2 aromatic carbocycles. The van der Waals surface area contributed by atoms with Crippen molar-refractivity contribution < 1.29 is 9.72 Å². The van der Waals surface area contributed by atoms with Gasteiger partial charge in [0.05, 0.1) is 4.92 Å². The standard InChI is InChI=1S/C17H13ClN4O3S2/c1-10-13(3-2-4-14(10)22(24)25)15(23)19-16-20-21-17(27-16)26-9-11-5-7-12(18)8-6-11/h2-8H,9H2,1H3,(H,19,20,23). The van der Waals surface area contributed by atoms with Crippen LogP contribution in [0.2, 0.25) is 5.02 Å². The predicted molar refractivity (Wildman–Crippen MR) is 107 cm³/mol. The van der Waals surface area contributed by atoms with E-state index in [1.54, 1.807) is 6.92 Å². The number of carbonyl (C=O) groups is 1. The van der Waals surface area contributed by atoms with Crippen molar-refractivity contribution in [1.82, 2.24) is 10.2 Å². The van der Waals surface area contributed by atoms with E-state index in [0.717, 1.165) is 5.56 Å². The Bertz CT molecular complexity index is 992. The molecule has 0 spiro atoms. The van der Waals surface area contributed by atoms with Crippen LogP contribution < -0.4 is 5.32 Å². The highest BCUT2D eigenvalue weighted by Crippen LogP contribution is 2.29. The van der Waals surface area contributed by atoms with Gasteiger partial charge in [0.15, 0.2) is 4.34 Å². The summed E-state index contributed by atoms with van der Waals surface area (Å²) >= 11 is 8.60. The summed E-state index contributed by atoms with van der Waals surface area (Å²) in [5.74, 6) is 0.241. The number of hydrogen-bond donors (Lipinski definition) is 1. The quantitative estimate of drug-likeness (QED) is 0.262. The Hall–Kier alpha value is -2.49. The van der Waals surface area contributed by atoms with Gasteiger partial charge >= 0.3 is 0 Å². The van der Waals surface area contributed by atoms with E-state index in [4.69, 9.17) is 11.6 Å². The van der Waals surface area contributed by atoms with Crippen LogP contribution in [0.25, 0.3) is 0 Å². The molecule has 10 heteroatoms. The summed E-state index contributed by atoms with van der Waals surface area (Å²) in [6.07, 6.45) is 0. The van der Waals surface area contributed by atoms with Gasteiger partial charge in [-0.1, -0.05) is 52.9 Å². The Morgan fingerprint density at radius 2 is 2.00 bits per heavy atom. The van der Waals surface area contributed by atoms with Crippen LogP contribution in [0.5, 0.6) is 0 Å². The van der Waals surface area contributed by atoms with Crippen molar-refractivity contribution in [3.05, 3.63) is 74.3 Å². The van der Waals surface area contributed by atoms with Crippen molar-refractivity contribution in [2.45, 2.75) is 17.0 Å². The number of hydrogen-bond acceptors (Lipinski definition) is 7. The number of thioether (sulfide) groups is 1. The number of nitro groups is 1. The van der Waals surface area contributed by atoms with Crippen LogP contribution in [0, 0.1) is 17.0 Å². The maximum atomic E-state index is 12.4. The minimum absolute atomic E-state index is 0.0980. The molecular formula is C17H13ClN4O3S2. The molecule has 0 aliphatic rings. The highest BCUT2D eigenvalue weighted by molar-refractivity contribution is 8.00. The Labute approximate surface area is 167 Å². The Morgan fingerprint density at radius 1 is 1.26 bits per heavy atom. The maximum absolute atomic E-state index is 12.4. The van der Waals surface area contributed by atoms with E-state index in [-0.39, 0.29) is 11.3 Å². The van der Waals surface area contributed by atoms with E-state index in [0.29, 0.717) is 25.8 Å². The summed E-state index contributed by atoms with van der Waals surface area (Å²) in [4.78, 5) is 22.9. The second-order valence-corrected chi connectivity index (χ2v) is 8.09. The molecule has 0 saturated carbocycles. The highest BCUT2D eigenvalue weighted by atomic mass is 35.5. The topological polar surface area (TPSA) is 98.0 Å². The number of benzene rings is 2. The average Bonchev–Trinajstić information content (AvgIpc) is 3.08. The van der Waals surface area contributed by atoms with Gasteiger partial charge in [-0.05, 0) is 30.7 Å². The second kappa shape index (κ2) is 8.47. The number of anilines is 1. The van der Waals surface area contributed by atoms with Crippen molar-refractivity contribution in [2.24, 2.45) is 0 Å². The zero-order chi connectivity index (χ0) is 19.4. The van der Waals surface area contributed by atoms with Gasteiger partial charge in [0.2, 0.25) is 5.13 Å². The van der Waals surface area contributed by atoms with E-state index in [1.807, 2.05) is 24.3 Å². The molecular weight excluding hydrogens is 408 g/mol. The lowest BCUT2D eigenvalue weighted by Crippen LogP contribution is -2.14. The van der Waals surface area contributed by atoms with Gasteiger partial charge in [0.1, 0.15) is 0 Å². The molecule has 0 fully saturated rings. The molecule has 0 aliphatic heterocycles. The summed E-state index contributed by atoms with van der Waals surface area (Å²) in [7, 11) is 0. The summed E-state index contributed by atoms with van der Waals surface area (Å²) in [5.41, 5.74) is 1.54. The first-order valence-electron chi connectivity index (χ1n) is 7.70. The van der Waals surface area contributed by atoms with Crippen molar-refractivity contribution in [3.63, 3.8) is 0 Å². The summed E-state index contributed by atoms with van der Waals surface area (Å²) < 4.78 is 0.705. The van der Waals surface area contributed by atoms with Crippen molar-refractivity contribution in [3.8, 4) is 0 Å². The average molecular weight is 421 g/mol. The molecule has 1 amide bonds. The maximum Gasteiger partial charge on any atom is 0.273 e. The fraction of sp³-hybridized carbons (Fsp3) is 0.118. The largest absolute Gasteiger partial charge is 0.296 e. The van der Waals surface area contributed by atoms with Gasteiger partial charge in [0, 0.05) is 28.0 Å². The molecule has 0 unspecified atom stereocenters. The van der Waals surface area contributed by atoms with Gasteiger partial charge < -0.3 is 0 Å². The number of carbonyl (C=O) groups excluding carboxylic acids is 1. The molecule has 0 aliphatic carbocycles. The van der Waals surface area contributed by atoms with Crippen molar-refractivity contribution >= 4 is 51.4 Å². The van der Waals surface area contributed by atoms with E-state index in [2.05, 4.69) is 15.5 Å². The fourth-order valence-corrected chi connectivity index (χ4v) is 4.10. The van der Waals surface area contributed by atoms with E-state index < -0.39 is 10.8 Å². The number of rotatable bonds is 6. The van der Waals surface area contributed by atoms with Crippen LogP contribution in [0.4, 0.5) is 10.8 Å². The van der Waals surface area contributed by atoms with Crippen LogP contribution >= 0.6 is 34.7 Å². The second-order valence-electron chi connectivity index (χ2n) is 5.45. The Morgan fingerprint density at radius 3 is 2.70 bits per heavy atom. The molecule has 0 atom stereocenters. The van der Waals surface area contributed by atoms with Gasteiger partial charge in [-0.15, -0.1) is 10.2 Å². The minimum Gasteiger partial charge on any atom is -0.296 e. The lowest BCUT2D eigenvalue weighted by Gasteiger charge is -2.05. The van der Waals surface area contributed by atoms with Crippen LogP contribution in [-0.4, -0.2) is 21.0 Å². The van der Waals surface area contributed by atoms with E-state index in [9.17, 15) is 14.9 Å². The number of nitrogens with one attached hydrogen (secondary N) is 1. The van der Waals surface area contributed by atoms with Crippen molar-refractivity contribution in [2.75, 3.05) is 5.32 Å². The van der Waals surface area contributed by atoms with Crippen LogP contribution in [0.1, 0.15) is 21.5 Å². The van der Waals surface area contributed by atoms with Crippen LogP contribution in [0.15, 0.2) is 46.8 Å². The third-order valence-electron chi connectivity index (χ3n) is 3.65. The number of amides is 1. The smallest absolute Gasteiger partial charge is 0.273 e. The summed E-state index contributed by atoms with van der Waals surface area (Å²) in [6, 6.07) is 11.9. The third kappa shape index (κ3) is 4.82. The molecule has 0 radical (unpaired) electrons. The molecule has 0 bridgehead atoms. The third-order valence-corrected chi connectivity index (χ3v) is 5.94. The minimum atomic E-state index is -0.511. The molecule has 3 aromatic rings. The molecule has 138 valence electrons. The van der Waals surface area contributed by atoms with Gasteiger partial charge in [0.25, 0.3) is 11.6 Å². The normalized spacial score (nSPS) is 10.6. The molecule has 27 heavy (non-hydrogen) atoms. The molecule has 1 aromatic heterocycles. The lowest BCUT2D eigenvalue weighted by molar-refractivity contribution is -0.385. The van der Waals surface area contributed by atoms with Gasteiger partial charge in [-0.2, -0.15) is 0 Å². The molecule has 7 nitrogen and oxygen atoms in total. The SMILES string of the molecule is Cc1c(C(=O)Nc2nnc(SCc3ccc(Cl)cc3)s2)cccc1[N+](=O)[O-]. The summed E-state index contributed by atoms with van der Waals surface area (Å²) in [6.45, 7) is 1.54. The molecule has 1 heterocycles. The number of nitrogens with zero attached hydrogens (tertiary/aromatic N) is 3. The summed E-state index contributed by atoms with van der Waals surface area (Å²) in [5, 5.41) is 22.7.